The number of guanidine groups is 1. The second-order valence-electron chi connectivity index (χ2n) is 3.68. The molecule has 19 heavy (non-hydrogen) atoms. The number of hydrogen-bond acceptors (Lipinski definition) is 5. The highest BCUT2D eigenvalue weighted by Crippen LogP contribution is 2.20. The van der Waals surface area contributed by atoms with Crippen LogP contribution in [0.1, 0.15) is 13.3 Å². The molecule has 5 nitrogen and oxygen atoms in total. The van der Waals surface area contributed by atoms with E-state index in [0.717, 1.165) is 42.1 Å². The topological polar surface area (TPSA) is 58.5 Å². The number of aromatic nitrogens is 1. The van der Waals surface area contributed by atoms with Crippen LogP contribution in [-0.4, -0.2) is 50.0 Å². The minimum absolute atomic E-state index is 0.685. The number of rotatable bonds is 9. The van der Waals surface area contributed by atoms with Crippen molar-refractivity contribution in [3.63, 3.8) is 0 Å². The third kappa shape index (κ3) is 8.07. The summed E-state index contributed by atoms with van der Waals surface area (Å²) in [6.07, 6.45) is 2.89. The molecular formula is C12H22N4OS2. The number of thiazole rings is 1. The molecule has 0 aliphatic rings. The number of hydrogen-bond donors (Lipinski definition) is 2. The van der Waals surface area contributed by atoms with Crippen molar-refractivity contribution in [1.29, 1.82) is 0 Å². The van der Waals surface area contributed by atoms with Crippen LogP contribution in [0.2, 0.25) is 0 Å². The number of thioether (sulfide) groups is 1. The summed E-state index contributed by atoms with van der Waals surface area (Å²) in [7, 11) is 1.70. The van der Waals surface area contributed by atoms with Crippen molar-refractivity contribution < 1.29 is 4.74 Å². The number of methoxy groups -OCH3 is 1. The van der Waals surface area contributed by atoms with Crippen molar-refractivity contribution in [2.75, 3.05) is 39.1 Å². The van der Waals surface area contributed by atoms with Crippen LogP contribution in [0.25, 0.3) is 0 Å². The minimum atomic E-state index is 0.685. The molecular weight excluding hydrogens is 280 g/mol. The summed E-state index contributed by atoms with van der Waals surface area (Å²) in [6, 6.07) is 0. The molecule has 0 fully saturated rings. The Hall–Kier alpha value is -0.790. The van der Waals surface area contributed by atoms with Gasteiger partial charge in [-0.1, -0.05) is 11.8 Å². The van der Waals surface area contributed by atoms with E-state index in [-0.39, 0.29) is 0 Å². The fourth-order valence-corrected chi connectivity index (χ4v) is 2.94. The fraction of sp³-hybridized carbons (Fsp3) is 0.667. The van der Waals surface area contributed by atoms with Crippen LogP contribution in [0.5, 0.6) is 0 Å². The molecule has 0 saturated carbocycles. The highest BCUT2D eigenvalue weighted by molar-refractivity contribution is 8.00. The molecule has 1 heterocycles. The second-order valence-corrected chi connectivity index (χ2v) is 5.92. The van der Waals surface area contributed by atoms with Gasteiger partial charge in [-0.15, -0.1) is 11.3 Å². The molecule has 2 N–H and O–H groups in total. The quantitative estimate of drug-likeness (QED) is 0.315. The van der Waals surface area contributed by atoms with Crippen LogP contribution >= 0.6 is 23.1 Å². The molecule has 7 heteroatoms. The van der Waals surface area contributed by atoms with Crippen molar-refractivity contribution >= 4 is 29.1 Å². The van der Waals surface area contributed by atoms with Crippen LogP contribution in [0.15, 0.2) is 20.9 Å². The Morgan fingerprint density at radius 1 is 1.53 bits per heavy atom. The maximum atomic E-state index is 5.00. The van der Waals surface area contributed by atoms with E-state index in [1.54, 1.807) is 30.2 Å². The van der Waals surface area contributed by atoms with E-state index in [2.05, 4.69) is 27.5 Å². The molecule has 0 aromatic carbocycles. The predicted molar refractivity (Wildman–Crippen MR) is 83.3 cm³/mol. The van der Waals surface area contributed by atoms with Crippen LogP contribution in [0.3, 0.4) is 0 Å². The molecule has 0 aliphatic carbocycles. The van der Waals surface area contributed by atoms with E-state index in [9.17, 15) is 0 Å². The van der Waals surface area contributed by atoms with Gasteiger partial charge in [0.05, 0.1) is 6.61 Å². The average molecular weight is 302 g/mol. The Balaban J connectivity index is 2.15. The smallest absolute Gasteiger partial charge is 0.191 e. The van der Waals surface area contributed by atoms with Crippen molar-refractivity contribution in [2.45, 2.75) is 17.7 Å². The summed E-state index contributed by atoms with van der Waals surface area (Å²) in [5.74, 6) is 1.91. The lowest BCUT2D eigenvalue weighted by molar-refractivity contribution is 0.203. The Bertz CT molecular complexity index is 344. The van der Waals surface area contributed by atoms with E-state index >= 15 is 0 Å². The van der Waals surface area contributed by atoms with Gasteiger partial charge in [0.1, 0.15) is 4.34 Å². The molecule has 0 amide bonds. The Morgan fingerprint density at radius 3 is 3.11 bits per heavy atom. The lowest BCUT2D eigenvalue weighted by Crippen LogP contribution is -2.39. The first-order valence-electron chi connectivity index (χ1n) is 6.40. The van der Waals surface area contributed by atoms with E-state index in [0.29, 0.717) is 6.61 Å². The van der Waals surface area contributed by atoms with E-state index in [1.165, 1.54) is 0 Å². The SMILES string of the molecule is CCNC(=NCCCSc1nccs1)NCCOC. The van der Waals surface area contributed by atoms with Crippen LogP contribution < -0.4 is 10.6 Å². The summed E-state index contributed by atoms with van der Waals surface area (Å²) >= 11 is 3.48. The maximum absolute atomic E-state index is 5.00. The molecule has 0 bridgehead atoms. The number of aliphatic imine (C=N–C) groups is 1. The van der Waals surface area contributed by atoms with Crippen LogP contribution in [-0.2, 0) is 4.74 Å². The van der Waals surface area contributed by atoms with Gasteiger partial charge in [0.25, 0.3) is 0 Å². The zero-order valence-corrected chi connectivity index (χ0v) is 13.1. The molecule has 0 spiro atoms. The molecule has 0 saturated heterocycles. The summed E-state index contributed by atoms with van der Waals surface area (Å²) in [4.78, 5) is 8.75. The van der Waals surface area contributed by atoms with Gasteiger partial charge in [-0.25, -0.2) is 4.98 Å². The molecule has 1 aromatic rings. The standard InChI is InChI=1S/C12H22N4OS2/c1-3-13-11(15-6-8-17-2)14-5-4-9-18-12-16-7-10-19-12/h7,10H,3-6,8-9H2,1-2H3,(H2,13,14,15). The predicted octanol–water partition coefficient (Wildman–Crippen LogP) is 1.83. The largest absolute Gasteiger partial charge is 0.383 e. The zero-order valence-electron chi connectivity index (χ0n) is 11.5. The second kappa shape index (κ2) is 11.1. The van der Waals surface area contributed by atoms with Crippen molar-refractivity contribution in [2.24, 2.45) is 4.99 Å². The van der Waals surface area contributed by atoms with E-state index in [4.69, 9.17) is 4.74 Å². The lowest BCUT2D eigenvalue weighted by Gasteiger charge is -2.10. The van der Waals surface area contributed by atoms with E-state index in [1.807, 2.05) is 11.6 Å². The molecule has 1 rings (SSSR count). The summed E-state index contributed by atoms with van der Waals surface area (Å²) in [5, 5.41) is 8.44. The van der Waals surface area contributed by atoms with E-state index < -0.39 is 0 Å². The van der Waals surface area contributed by atoms with Gasteiger partial charge >= 0.3 is 0 Å². The summed E-state index contributed by atoms with van der Waals surface area (Å²) < 4.78 is 6.13. The van der Waals surface area contributed by atoms with Crippen molar-refractivity contribution in [3.8, 4) is 0 Å². The summed E-state index contributed by atoms with van der Waals surface area (Å²) in [6.45, 7) is 5.21. The maximum Gasteiger partial charge on any atom is 0.191 e. The minimum Gasteiger partial charge on any atom is -0.383 e. The molecule has 0 aliphatic heterocycles. The highest BCUT2D eigenvalue weighted by Gasteiger charge is 1.97. The van der Waals surface area contributed by atoms with Gasteiger partial charge in [0, 0.05) is 44.1 Å². The molecule has 108 valence electrons. The van der Waals surface area contributed by atoms with Gasteiger partial charge in [0.15, 0.2) is 5.96 Å². The fourth-order valence-electron chi connectivity index (χ4n) is 1.31. The first-order chi connectivity index (χ1) is 9.36. The number of ether oxygens (including phenoxy) is 1. The number of nitrogens with one attached hydrogen (secondary N) is 2. The normalized spacial score (nSPS) is 11.6. The molecule has 0 atom stereocenters. The van der Waals surface area contributed by atoms with Crippen molar-refractivity contribution in [1.82, 2.24) is 15.6 Å². The Labute approximate surface area is 123 Å². The molecule has 0 unspecified atom stereocenters. The first-order valence-corrected chi connectivity index (χ1v) is 8.26. The van der Waals surface area contributed by atoms with Crippen molar-refractivity contribution in [3.05, 3.63) is 11.6 Å². The highest BCUT2D eigenvalue weighted by atomic mass is 32.2. The van der Waals surface area contributed by atoms with Gasteiger partial charge in [-0.05, 0) is 13.3 Å². The summed E-state index contributed by atoms with van der Waals surface area (Å²) in [5.41, 5.74) is 0. The Kier molecular flexibility index (Phi) is 9.48. The van der Waals surface area contributed by atoms with Gasteiger partial charge in [0.2, 0.25) is 0 Å². The van der Waals surface area contributed by atoms with Gasteiger partial charge in [-0.2, -0.15) is 0 Å². The Morgan fingerprint density at radius 2 is 2.42 bits per heavy atom. The first kappa shape index (κ1) is 16.3. The molecule has 1 aromatic heterocycles. The molecule has 0 radical (unpaired) electrons. The zero-order chi connectivity index (χ0) is 13.8. The van der Waals surface area contributed by atoms with Gasteiger partial charge in [-0.3, -0.25) is 4.99 Å². The third-order valence-corrected chi connectivity index (χ3v) is 4.20. The average Bonchev–Trinajstić information content (AvgIpc) is 2.91. The van der Waals surface area contributed by atoms with Crippen LogP contribution in [0.4, 0.5) is 0 Å². The van der Waals surface area contributed by atoms with Gasteiger partial charge < -0.3 is 15.4 Å². The number of nitrogens with zero attached hydrogens (tertiary/aromatic N) is 2. The van der Waals surface area contributed by atoms with Crippen LogP contribution in [0, 0.1) is 0 Å². The third-order valence-electron chi connectivity index (χ3n) is 2.15. The monoisotopic (exact) mass is 302 g/mol. The lowest BCUT2D eigenvalue weighted by atomic mass is 10.5.